The highest BCUT2D eigenvalue weighted by Gasteiger charge is 2.15. The van der Waals surface area contributed by atoms with Crippen molar-refractivity contribution in [2.24, 2.45) is 0 Å². The van der Waals surface area contributed by atoms with Gasteiger partial charge in [-0.3, -0.25) is 4.79 Å². The molecule has 0 atom stereocenters. The highest BCUT2D eigenvalue weighted by molar-refractivity contribution is 6.07. The Morgan fingerprint density at radius 2 is 2.00 bits per heavy atom. The number of hydrogen-bond acceptors (Lipinski definition) is 3. The van der Waals surface area contributed by atoms with E-state index in [2.05, 4.69) is 4.98 Å². The van der Waals surface area contributed by atoms with E-state index in [0.717, 1.165) is 10.8 Å². The minimum absolute atomic E-state index is 0.0377. The van der Waals surface area contributed by atoms with Gasteiger partial charge in [0.2, 0.25) is 5.43 Å². The summed E-state index contributed by atoms with van der Waals surface area (Å²) in [6.07, 6.45) is 1.41. The van der Waals surface area contributed by atoms with Crippen molar-refractivity contribution in [3.8, 4) is 0 Å². The summed E-state index contributed by atoms with van der Waals surface area (Å²) in [6.45, 7) is 1.95. The lowest BCUT2D eigenvalue weighted by Gasteiger charge is -2.06. The molecule has 0 saturated carbocycles. The van der Waals surface area contributed by atoms with E-state index >= 15 is 0 Å². The molecule has 0 radical (unpaired) electrons. The first-order valence-corrected chi connectivity index (χ1v) is 6.42. The normalized spacial score (nSPS) is 10.8. The summed E-state index contributed by atoms with van der Waals surface area (Å²) in [6, 6.07) is 11.4. The third kappa shape index (κ3) is 1.86. The van der Waals surface area contributed by atoms with Crippen LogP contribution in [0.5, 0.6) is 0 Å². The molecule has 100 valence electrons. The summed E-state index contributed by atoms with van der Waals surface area (Å²) in [5, 5.41) is 2.32. The number of esters is 1. The van der Waals surface area contributed by atoms with Crippen LogP contribution in [0.25, 0.3) is 21.7 Å². The molecular weight excluding hydrogens is 254 g/mol. The Hall–Kier alpha value is -2.62. The molecule has 3 rings (SSSR count). The van der Waals surface area contributed by atoms with E-state index in [1.165, 1.54) is 6.20 Å². The van der Waals surface area contributed by atoms with Crippen molar-refractivity contribution in [3.05, 3.63) is 58.4 Å². The van der Waals surface area contributed by atoms with E-state index < -0.39 is 5.97 Å². The zero-order chi connectivity index (χ0) is 14.1. The largest absolute Gasteiger partial charge is 0.462 e. The predicted molar refractivity (Wildman–Crippen MR) is 78.0 cm³/mol. The average Bonchev–Trinajstić information content (AvgIpc) is 2.47. The Balaban J connectivity index is 2.38. The topological polar surface area (TPSA) is 59.2 Å². The molecule has 0 fully saturated rings. The van der Waals surface area contributed by atoms with Crippen molar-refractivity contribution in [1.82, 2.24) is 4.98 Å². The maximum absolute atomic E-state index is 12.5. The van der Waals surface area contributed by atoms with Crippen LogP contribution in [0.4, 0.5) is 0 Å². The van der Waals surface area contributed by atoms with E-state index in [-0.39, 0.29) is 17.6 Å². The third-order valence-corrected chi connectivity index (χ3v) is 3.27. The van der Waals surface area contributed by atoms with Crippen LogP contribution in [0.3, 0.4) is 0 Å². The molecule has 0 aliphatic carbocycles. The van der Waals surface area contributed by atoms with Gasteiger partial charge in [0, 0.05) is 11.7 Å². The standard InChI is InChI=1S/C16H13NO3/c1-2-20-16(19)12-9-17-13-8-7-10-5-3-4-6-11(10)14(13)15(12)18/h3-9H,2H2,1H3,(H,17,18). The predicted octanol–water partition coefficient (Wildman–Crippen LogP) is 2.86. The number of fused-ring (bicyclic) bond motifs is 3. The second kappa shape index (κ2) is 4.81. The SMILES string of the molecule is CCOC(=O)c1c[nH]c2ccc3ccccc3c2c1=O. The Morgan fingerprint density at radius 3 is 2.80 bits per heavy atom. The molecule has 0 unspecified atom stereocenters. The number of ether oxygens (including phenoxy) is 1. The zero-order valence-corrected chi connectivity index (χ0v) is 11.0. The smallest absolute Gasteiger partial charge is 0.343 e. The first kappa shape index (κ1) is 12.4. The fraction of sp³-hybridized carbons (Fsp3) is 0.125. The van der Waals surface area contributed by atoms with Crippen molar-refractivity contribution >= 4 is 27.6 Å². The number of H-pyrrole nitrogens is 1. The van der Waals surface area contributed by atoms with Gasteiger partial charge in [-0.1, -0.05) is 30.3 Å². The van der Waals surface area contributed by atoms with Crippen LogP contribution in [0.15, 0.2) is 47.4 Å². The summed E-state index contributed by atoms with van der Waals surface area (Å²) >= 11 is 0. The molecule has 0 amide bonds. The molecule has 0 bridgehead atoms. The van der Waals surface area contributed by atoms with Gasteiger partial charge in [-0.25, -0.2) is 4.79 Å². The Labute approximate surface area is 115 Å². The van der Waals surface area contributed by atoms with E-state index in [9.17, 15) is 9.59 Å². The van der Waals surface area contributed by atoms with Gasteiger partial charge in [0.1, 0.15) is 5.56 Å². The van der Waals surface area contributed by atoms with Gasteiger partial charge in [0.05, 0.1) is 12.0 Å². The van der Waals surface area contributed by atoms with Crippen molar-refractivity contribution < 1.29 is 9.53 Å². The minimum atomic E-state index is -0.594. The van der Waals surface area contributed by atoms with Crippen molar-refractivity contribution in [3.63, 3.8) is 0 Å². The summed E-state index contributed by atoms with van der Waals surface area (Å²) in [7, 11) is 0. The van der Waals surface area contributed by atoms with E-state index in [1.54, 1.807) is 6.92 Å². The summed E-state index contributed by atoms with van der Waals surface area (Å²) in [5.74, 6) is -0.594. The van der Waals surface area contributed by atoms with Crippen LogP contribution in [-0.4, -0.2) is 17.6 Å². The van der Waals surface area contributed by atoms with Crippen molar-refractivity contribution in [1.29, 1.82) is 0 Å². The van der Waals surface area contributed by atoms with E-state index in [1.807, 2.05) is 36.4 Å². The first-order chi connectivity index (χ1) is 9.72. The maximum Gasteiger partial charge on any atom is 0.343 e. The second-order valence-corrected chi connectivity index (χ2v) is 4.46. The molecule has 4 nitrogen and oxygen atoms in total. The van der Waals surface area contributed by atoms with Gasteiger partial charge in [-0.2, -0.15) is 0 Å². The number of rotatable bonds is 2. The fourth-order valence-corrected chi connectivity index (χ4v) is 2.35. The Bertz CT molecular complexity index is 864. The number of carbonyl (C=O) groups is 1. The number of hydrogen-bond donors (Lipinski definition) is 1. The average molecular weight is 267 g/mol. The van der Waals surface area contributed by atoms with Crippen molar-refractivity contribution in [2.75, 3.05) is 6.61 Å². The van der Waals surface area contributed by atoms with Crippen LogP contribution in [0.1, 0.15) is 17.3 Å². The number of aromatic amines is 1. The number of nitrogens with one attached hydrogen (secondary N) is 1. The lowest BCUT2D eigenvalue weighted by atomic mass is 10.0. The van der Waals surface area contributed by atoms with E-state index in [4.69, 9.17) is 4.74 Å². The van der Waals surface area contributed by atoms with Crippen LogP contribution in [0, 0.1) is 0 Å². The summed E-state index contributed by atoms with van der Waals surface area (Å²) in [4.78, 5) is 27.3. The summed E-state index contributed by atoms with van der Waals surface area (Å²) < 4.78 is 4.91. The molecule has 20 heavy (non-hydrogen) atoms. The number of aromatic nitrogens is 1. The highest BCUT2D eigenvalue weighted by Crippen LogP contribution is 2.21. The van der Waals surface area contributed by atoms with Crippen molar-refractivity contribution in [2.45, 2.75) is 6.92 Å². The van der Waals surface area contributed by atoms with Crippen LogP contribution < -0.4 is 5.43 Å². The quantitative estimate of drug-likeness (QED) is 0.573. The Kier molecular flexibility index (Phi) is 2.99. The molecule has 2 aromatic carbocycles. The number of carbonyl (C=O) groups excluding carboxylic acids is 1. The van der Waals surface area contributed by atoms with Gasteiger partial charge in [-0.05, 0) is 23.8 Å². The molecule has 0 saturated heterocycles. The first-order valence-electron chi connectivity index (χ1n) is 6.42. The molecule has 0 spiro atoms. The number of pyridine rings is 1. The van der Waals surface area contributed by atoms with E-state index in [0.29, 0.717) is 10.9 Å². The number of benzene rings is 2. The van der Waals surface area contributed by atoms with Gasteiger partial charge in [0.15, 0.2) is 0 Å². The third-order valence-electron chi connectivity index (χ3n) is 3.27. The highest BCUT2D eigenvalue weighted by atomic mass is 16.5. The monoisotopic (exact) mass is 267 g/mol. The van der Waals surface area contributed by atoms with Gasteiger partial charge < -0.3 is 9.72 Å². The molecule has 0 aliphatic rings. The molecule has 1 aromatic heterocycles. The second-order valence-electron chi connectivity index (χ2n) is 4.46. The van der Waals surface area contributed by atoms with Crippen LogP contribution in [-0.2, 0) is 4.74 Å². The van der Waals surface area contributed by atoms with Crippen LogP contribution >= 0.6 is 0 Å². The van der Waals surface area contributed by atoms with Gasteiger partial charge >= 0.3 is 5.97 Å². The van der Waals surface area contributed by atoms with Gasteiger partial charge in [-0.15, -0.1) is 0 Å². The molecule has 1 heterocycles. The fourth-order valence-electron chi connectivity index (χ4n) is 2.35. The molecular formula is C16H13NO3. The molecule has 3 aromatic rings. The van der Waals surface area contributed by atoms with Gasteiger partial charge in [0.25, 0.3) is 0 Å². The zero-order valence-electron chi connectivity index (χ0n) is 11.0. The lowest BCUT2D eigenvalue weighted by Crippen LogP contribution is -2.18. The molecule has 4 heteroatoms. The Morgan fingerprint density at radius 1 is 1.20 bits per heavy atom. The molecule has 1 N–H and O–H groups in total. The van der Waals surface area contributed by atoms with Crippen LogP contribution in [0.2, 0.25) is 0 Å². The lowest BCUT2D eigenvalue weighted by molar-refractivity contribution is 0.0524. The molecule has 0 aliphatic heterocycles. The maximum atomic E-state index is 12.5. The minimum Gasteiger partial charge on any atom is -0.462 e. The summed E-state index contributed by atoms with van der Waals surface area (Å²) in [5.41, 5.74) is 0.450.